The quantitative estimate of drug-likeness (QED) is 0.878. The zero-order valence-electron chi connectivity index (χ0n) is 9.30. The zero-order chi connectivity index (χ0) is 12.3. The van der Waals surface area contributed by atoms with Crippen LogP contribution in [-0.2, 0) is 4.79 Å². The summed E-state index contributed by atoms with van der Waals surface area (Å²) in [5, 5.41) is 5.81. The molecule has 0 aromatic heterocycles. The molecule has 1 fully saturated rings. The van der Waals surface area contributed by atoms with Crippen molar-refractivity contribution in [3.63, 3.8) is 0 Å². The van der Waals surface area contributed by atoms with Crippen molar-refractivity contribution in [2.75, 3.05) is 11.9 Å². The second-order valence-corrected chi connectivity index (χ2v) is 4.98. The molecule has 0 radical (unpaired) electrons. The van der Waals surface area contributed by atoms with Gasteiger partial charge in [-0.3, -0.25) is 4.79 Å². The van der Waals surface area contributed by atoms with Gasteiger partial charge in [-0.15, -0.1) is 0 Å². The zero-order valence-corrected chi connectivity index (χ0v) is 10.9. The molecular formula is C12H14BrFN2O. The van der Waals surface area contributed by atoms with Crippen LogP contribution in [0, 0.1) is 5.82 Å². The summed E-state index contributed by atoms with van der Waals surface area (Å²) in [6.07, 6.45) is 2.75. The molecule has 1 aliphatic rings. The molecule has 1 amide bonds. The normalized spacial score (nSPS) is 14.7. The topological polar surface area (TPSA) is 41.1 Å². The van der Waals surface area contributed by atoms with Gasteiger partial charge in [-0.25, -0.2) is 4.39 Å². The molecule has 1 saturated carbocycles. The Morgan fingerprint density at radius 3 is 2.88 bits per heavy atom. The maximum Gasteiger partial charge on any atom is 0.225 e. The highest BCUT2D eigenvalue weighted by Crippen LogP contribution is 2.25. The van der Waals surface area contributed by atoms with Gasteiger partial charge in [0.1, 0.15) is 5.82 Å². The van der Waals surface area contributed by atoms with Gasteiger partial charge in [0.05, 0.1) is 5.69 Å². The van der Waals surface area contributed by atoms with Gasteiger partial charge in [0.25, 0.3) is 0 Å². The molecule has 0 bridgehead atoms. The third-order valence-electron chi connectivity index (χ3n) is 2.59. The minimum Gasteiger partial charge on any atom is -0.323 e. The van der Waals surface area contributed by atoms with E-state index in [1.54, 1.807) is 12.1 Å². The number of hydrogen-bond donors (Lipinski definition) is 2. The number of halogens is 2. The van der Waals surface area contributed by atoms with Crippen molar-refractivity contribution in [1.29, 1.82) is 0 Å². The van der Waals surface area contributed by atoms with E-state index in [2.05, 4.69) is 26.6 Å². The lowest BCUT2D eigenvalue weighted by Crippen LogP contribution is -2.23. The standard InChI is InChI=1S/C12H14BrFN2O/c13-9-2-1-3-10(14)12(9)16-11(17)6-7-15-8-4-5-8/h1-3,8,15H,4-7H2,(H,16,17). The van der Waals surface area contributed by atoms with Crippen LogP contribution in [-0.4, -0.2) is 18.5 Å². The number of anilines is 1. The lowest BCUT2D eigenvalue weighted by molar-refractivity contribution is -0.116. The Morgan fingerprint density at radius 2 is 2.24 bits per heavy atom. The van der Waals surface area contributed by atoms with E-state index in [1.165, 1.54) is 18.9 Å². The number of amides is 1. The van der Waals surface area contributed by atoms with Crippen molar-refractivity contribution in [2.45, 2.75) is 25.3 Å². The van der Waals surface area contributed by atoms with E-state index >= 15 is 0 Å². The lowest BCUT2D eigenvalue weighted by atomic mass is 10.3. The second kappa shape index (κ2) is 5.60. The maximum atomic E-state index is 13.4. The molecule has 0 unspecified atom stereocenters. The van der Waals surface area contributed by atoms with Gasteiger partial charge in [0, 0.05) is 23.5 Å². The van der Waals surface area contributed by atoms with Gasteiger partial charge < -0.3 is 10.6 Å². The molecule has 2 N–H and O–H groups in total. The van der Waals surface area contributed by atoms with E-state index in [1.807, 2.05) is 0 Å². The van der Waals surface area contributed by atoms with Crippen LogP contribution in [0.15, 0.2) is 22.7 Å². The summed E-state index contributed by atoms with van der Waals surface area (Å²) >= 11 is 3.21. The predicted molar refractivity (Wildman–Crippen MR) is 68.4 cm³/mol. The number of hydrogen-bond acceptors (Lipinski definition) is 2. The molecule has 17 heavy (non-hydrogen) atoms. The van der Waals surface area contributed by atoms with Crippen LogP contribution >= 0.6 is 15.9 Å². The highest BCUT2D eigenvalue weighted by molar-refractivity contribution is 9.10. The minimum atomic E-state index is -0.428. The van der Waals surface area contributed by atoms with Gasteiger partial charge in [-0.2, -0.15) is 0 Å². The minimum absolute atomic E-state index is 0.177. The summed E-state index contributed by atoms with van der Waals surface area (Å²) in [6, 6.07) is 5.19. The number of benzene rings is 1. The average Bonchev–Trinajstić information content (AvgIpc) is 3.08. The molecule has 0 atom stereocenters. The number of carbonyl (C=O) groups is 1. The fraction of sp³-hybridized carbons (Fsp3) is 0.417. The molecule has 5 heteroatoms. The fourth-order valence-electron chi connectivity index (χ4n) is 1.50. The number of nitrogens with one attached hydrogen (secondary N) is 2. The Balaban J connectivity index is 1.84. The number of rotatable bonds is 5. The molecular weight excluding hydrogens is 287 g/mol. The second-order valence-electron chi connectivity index (χ2n) is 4.12. The van der Waals surface area contributed by atoms with Crippen molar-refractivity contribution in [3.05, 3.63) is 28.5 Å². The molecule has 0 spiro atoms. The summed E-state index contributed by atoms with van der Waals surface area (Å²) < 4.78 is 14.0. The molecule has 1 aromatic carbocycles. The lowest BCUT2D eigenvalue weighted by Gasteiger charge is -2.08. The molecule has 0 saturated heterocycles. The first-order valence-corrected chi connectivity index (χ1v) is 6.43. The Morgan fingerprint density at radius 1 is 1.47 bits per heavy atom. The Bertz CT molecular complexity index is 401. The molecule has 0 heterocycles. The van der Waals surface area contributed by atoms with Gasteiger partial charge >= 0.3 is 0 Å². The maximum absolute atomic E-state index is 13.4. The van der Waals surface area contributed by atoms with Crippen molar-refractivity contribution in [3.8, 4) is 0 Å². The highest BCUT2D eigenvalue weighted by Gasteiger charge is 2.20. The van der Waals surface area contributed by atoms with Gasteiger partial charge in [-0.1, -0.05) is 6.07 Å². The van der Waals surface area contributed by atoms with E-state index in [9.17, 15) is 9.18 Å². The van der Waals surface area contributed by atoms with E-state index in [-0.39, 0.29) is 11.6 Å². The third-order valence-corrected chi connectivity index (χ3v) is 3.25. The van der Waals surface area contributed by atoms with Crippen LogP contribution in [0.25, 0.3) is 0 Å². The largest absolute Gasteiger partial charge is 0.323 e. The summed E-state index contributed by atoms with van der Waals surface area (Å²) in [5.74, 6) is -0.605. The van der Waals surface area contributed by atoms with Crippen molar-refractivity contribution in [1.82, 2.24) is 5.32 Å². The Hall–Kier alpha value is -0.940. The molecule has 0 aliphatic heterocycles. The first-order chi connectivity index (χ1) is 8.16. The van der Waals surface area contributed by atoms with Crippen molar-refractivity contribution >= 4 is 27.5 Å². The summed E-state index contributed by atoms with van der Waals surface area (Å²) in [6.45, 7) is 0.641. The number of para-hydroxylation sites is 1. The fourth-order valence-corrected chi connectivity index (χ4v) is 1.94. The van der Waals surface area contributed by atoms with Crippen LogP contribution in [0.3, 0.4) is 0 Å². The molecule has 1 aliphatic carbocycles. The van der Waals surface area contributed by atoms with Gasteiger partial charge in [-0.05, 0) is 40.9 Å². The SMILES string of the molecule is O=C(CCNC1CC1)Nc1c(F)cccc1Br. The van der Waals surface area contributed by atoms with Crippen LogP contribution in [0.4, 0.5) is 10.1 Å². The van der Waals surface area contributed by atoms with E-state index in [0.717, 1.165) is 0 Å². The predicted octanol–water partition coefficient (Wildman–Crippen LogP) is 2.67. The summed E-state index contributed by atoms with van der Waals surface area (Å²) in [5.41, 5.74) is 0.212. The van der Waals surface area contributed by atoms with Crippen LogP contribution in [0.5, 0.6) is 0 Å². The monoisotopic (exact) mass is 300 g/mol. The first-order valence-electron chi connectivity index (χ1n) is 5.64. The molecule has 3 nitrogen and oxygen atoms in total. The highest BCUT2D eigenvalue weighted by atomic mass is 79.9. The number of carbonyl (C=O) groups excluding carboxylic acids is 1. The smallest absolute Gasteiger partial charge is 0.225 e. The first kappa shape index (κ1) is 12.5. The van der Waals surface area contributed by atoms with Crippen molar-refractivity contribution < 1.29 is 9.18 Å². The molecule has 2 rings (SSSR count). The average molecular weight is 301 g/mol. The summed E-state index contributed by atoms with van der Waals surface area (Å²) in [4.78, 5) is 11.6. The van der Waals surface area contributed by atoms with Crippen LogP contribution in [0.1, 0.15) is 19.3 Å². The third kappa shape index (κ3) is 3.78. The molecule has 1 aromatic rings. The Labute approximate surface area is 108 Å². The van der Waals surface area contributed by atoms with Crippen LogP contribution in [0.2, 0.25) is 0 Å². The van der Waals surface area contributed by atoms with Crippen molar-refractivity contribution in [2.24, 2.45) is 0 Å². The van der Waals surface area contributed by atoms with Gasteiger partial charge in [0.2, 0.25) is 5.91 Å². The molecule has 92 valence electrons. The van der Waals surface area contributed by atoms with Gasteiger partial charge in [0.15, 0.2) is 0 Å². The van der Waals surface area contributed by atoms with E-state index in [4.69, 9.17) is 0 Å². The van der Waals surface area contributed by atoms with E-state index < -0.39 is 5.82 Å². The Kier molecular flexibility index (Phi) is 4.12. The summed E-state index contributed by atoms with van der Waals surface area (Å²) in [7, 11) is 0. The van der Waals surface area contributed by atoms with Crippen LogP contribution < -0.4 is 10.6 Å². The van der Waals surface area contributed by atoms with E-state index in [0.29, 0.717) is 23.5 Å².